The maximum atomic E-state index is 5.96. The van der Waals surface area contributed by atoms with Crippen molar-refractivity contribution >= 4 is 11.5 Å². The van der Waals surface area contributed by atoms with E-state index in [0.717, 1.165) is 30.0 Å². The molecule has 0 radical (unpaired) electrons. The van der Waals surface area contributed by atoms with Crippen molar-refractivity contribution in [2.24, 2.45) is 0 Å². The van der Waals surface area contributed by atoms with Gasteiger partial charge in [0.1, 0.15) is 5.82 Å². The number of pyridine rings is 1. The molecule has 3 N–H and O–H groups in total. The van der Waals surface area contributed by atoms with E-state index in [4.69, 9.17) is 5.73 Å². The van der Waals surface area contributed by atoms with E-state index in [9.17, 15) is 0 Å². The second kappa shape index (κ2) is 5.71. The summed E-state index contributed by atoms with van der Waals surface area (Å²) in [6.45, 7) is 2.93. The number of aryl methyl sites for hydroxylation is 1. The second-order valence-corrected chi connectivity index (χ2v) is 4.68. The van der Waals surface area contributed by atoms with E-state index in [1.807, 2.05) is 13.0 Å². The highest BCUT2D eigenvalue weighted by Gasteiger charge is 2.05. The van der Waals surface area contributed by atoms with E-state index in [1.165, 1.54) is 25.7 Å². The lowest BCUT2D eigenvalue weighted by molar-refractivity contribution is 0.679. The smallest absolute Gasteiger partial charge is 0.149 e. The third kappa shape index (κ3) is 3.22. The van der Waals surface area contributed by atoms with E-state index in [0.29, 0.717) is 0 Å². The summed E-state index contributed by atoms with van der Waals surface area (Å²) in [6, 6.07) is 1.93. The molecule has 0 amide bonds. The Bertz CT molecular complexity index is 410. The van der Waals surface area contributed by atoms with Crippen LogP contribution in [-0.4, -0.2) is 11.5 Å². The van der Waals surface area contributed by atoms with Crippen LogP contribution in [0.3, 0.4) is 0 Å². The van der Waals surface area contributed by atoms with Crippen molar-refractivity contribution in [2.45, 2.75) is 39.0 Å². The van der Waals surface area contributed by atoms with Crippen LogP contribution in [0.4, 0.5) is 11.5 Å². The van der Waals surface area contributed by atoms with Gasteiger partial charge in [0.2, 0.25) is 0 Å². The summed E-state index contributed by atoms with van der Waals surface area (Å²) >= 11 is 0. The van der Waals surface area contributed by atoms with Crippen LogP contribution < -0.4 is 11.1 Å². The fourth-order valence-corrected chi connectivity index (χ4v) is 2.18. The van der Waals surface area contributed by atoms with Crippen LogP contribution in [0.5, 0.6) is 0 Å². The molecule has 1 heterocycles. The molecule has 0 fully saturated rings. The Morgan fingerprint density at radius 2 is 2.29 bits per heavy atom. The molecule has 2 rings (SSSR count). The van der Waals surface area contributed by atoms with Gasteiger partial charge in [-0.15, -0.1) is 0 Å². The van der Waals surface area contributed by atoms with Gasteiger partial charge >= 0.3 is 0 Å². The Kier molecular flexibility index (Phi) is 4.02. The van der Waals surface area contributed by atoms with Gasteiger partial charge in [-0.25, -0.2) is 4.98 Å². The third-order valence-electron chi connectivity index (χ3n) is 3.33. The third-order valence-corrected chi connectivity index (χ3v) is 3.33. The van der Waals surface area contributed by atoms with Crippen LogP contribution in [0.25, 0.3) is 0 Å². The van der Waals surface area contributed by atoms with Gasteiger partial charge in [0.25, 0.3) is 0 Å². The largest absolute Gasteiger partial charge is 0.396 e. The predicted octanol–water partition coefficient (Wildman–Crippen LogP) is 3.27. The first kappa shape index (κ1) is 12.0. The van der Waals surface area contributed by atoms with Crippen LogP contribution in [0.1, 0.15) is 37.7 Å². The van der Waals surface area contributed by atoms with Crippen LogP contribution in [-0.2, 0) is 0 Å². The Labute approximate surface area is 103 Å². The minimum atomic E-state index is 0.769. The number of anilines is 2. The molecule has 0 aromatic carbocycles. The van der Waals surface area contributed by atoms with Gasteiger partial charge in [0.05, 0.1) is 5.69 Å². The number of aromatic nitrogens is 1. The quantitative estimate of drug-likeness (QED) is 0.782. The molecule has 0 bridgehead atoms. The predicted molar refractivity (Wildman–Crippen MR) is 73.0 cm³/mol. The van der Waals surface area contributed by atoms with Crippen molar-refractivity contribution in [1.29, 1.82) is 0 Å². The van der Waals surface area contributed by atoms with Crippen LogP contribution in [0.15, 0.2) is 23.9 Å². The zero-order valence-electron chi connectivity index (χ0n) is 10.5. The zero-order chi connectivity index (χ0) is 12.1. The molecule has 0 saturated carbocycles. The van der Waals surface area contributed by atoms with E-state index in [-0.39, 0.29) is 0 Å². The monoisotopic (exact) mass is 231 g/mol. The lowest BCUT2D eigenvalue weighted by Crippen LogP contribution is -2.08. The molecule has 17 heavy (non-hydrogen) atoms. The summed E-state index contributed by atoms with van der Waals surface area (Å²) in [6.07, 6.45) is 10.5. The van der Waals surface area contributed by atoms with Crippen LogP contribution in [0, 0.1) is 6.92 Å². The number of nitrogens with zero attached hydrogens (tertiary/aromatic N) is 1. The molecule has 1 aromatic heterocycles. The minimum absolute atomic E-state index is 0.769. The van der Waals surface area contributed by atoms with Crippen molar-refractivity contribution in [2.75, 3.05) is 17.6 Å². The average molecular weight is 231 g/mol. The maximum absolute atomic E-state index is 5.96. The number of nitrogens with two attached hydrogens (primary N) is 1. The van der Waals surface area contributed by atoms with Gasteiger partial charge in [-0.05, 0) is 50.7 Å². The standard InChI is InChI=1S/C14H21N3/c1-11-7-9-16-14(13(11)15)17-10-8-12-5-3-2-4-6-12/h5,7,9H,2-4,6,8,10,15H2,1H3,(H,16,17). The molecule has 3 heteroatoms. The summed E-state index contributed by atoms with van der Waals surface area (Å²) in [5.41, 5.74) is 9.39. The molecule has 0 saturated heterocycles. The summed E-state index contributed by atoms with van der Waals surface area (Å²) in [5, 5.41) is 3.32. The summed E-state index contributed by atoms with van der Waals surface area (Å²) in [5.74, 6) is 0.821. The summed E-state index contributed by atoms with van der Waals surface area (Å²) < 4.78 is 0. The molecule has 0 atom stereocenters. The first-order chi connectivity index (χ1) is 8.27. The highest BCUT2D eigenvalue weighted by atomic mass is 15.0. The number of nitrogens with one attached hydrogen (secondary N) is 1. The summed E-state index contributed by atoms with van der Waals surface area (Å²) in [4.78, 5) is 4.27. The molecule has 3 nitrogen and oxygen atoms in total. The van der Waals surface area contributed by atoms with Gasteiger partial charge < -0.3 is 11.1 Å². The Balaban J connectivity index is 1.85. The molecule has 0 unspecified atom stereocenters. The Morgan fingerprint density at radius 3 is 3.06 bits per heavy atom. The molecular formula is C14H21N3. The van der Waals surface area contributed by atoms with Crippen molar-refractivity contribution in [3.8, 4) is 0 Å². The molecule has 1 aliphatic carbocycles. The number of hydrogen-bond donors (Lipinski definition) is 2. The molecule has 92 valence electrons. The lowest BCUT2D eigenvalue weighted by atomic mass is 9.97. The molecular weight excluding hydrogens is 210 g/mol. The van der Waals surface area contributed by atoms with Crippen molar-refractivity contribution in [3.63, 3.8) is 0 Å². The Morgan fingerprint density at radius 1 is 1.41 bits per heavy atom. The lowest BCUT2D eigenvalue weighted by Gasteiger charge is -2.14. The molecule has 0 aliphatic heterocycles. The van der Waals surface area contributed by atoms with Gasteiger partial charge in [-0.3, -0.25) is 0 Å². The number of nitrogen functional groups attached to an aromatic ring is 1. The highest BCUT2D eigenvalue weighted by molar-refractivity contribution is 5.64. The molecule has 0 spiro atoms. The van der Waals surface area contributed by atoms with Crippen LogP contribution >= 0.6 is 0 Å². The van der Waals surface area contributed by atoms with Crippen LogP contribution in [0.2, 0.25) is 0 Å². The normalized spacial score (nSPS) is 15.5. The highest BCUT2D eigenvalue weighted by Crippen LogP contribution is 2.21. The fourth-order valence-electron chi connectivity index (χ4n) is 2.18. The first-order valence-electron chi connectivity index (χ1n) is 6.40. The number of hydrogen-bond acceptors (Lipinski definition) is 3. The van der Waals surface area contributed by atoms with E-state index >= 15 is 0 Å². The fraction of sp³-hybridized carbons (Fsp3) is 0.500. The van der Waals surface area contributed by atoms with Gasteiger partial charge in [-0.2, -0.15) is 0 Å². The van der Waals surface area contributed by atoms with E-state index in [1.54, 1.807) is 11.8 Å². The Hall–Kier alpha value is -1.51. The number of rotatable bonds is 4. The zero-order valence-corrected chi connectivity index (χ0v) is 10.5. The van der Waals surface area contributed by atoms with Gasteiger partial charge in [0.15, 0.2) is 0 Å². The average Bonchev–Trinajstić information content (AvgIpc) is 2.36. The van der Waals surface area contributed by atoms with Gasteiger partial charge in [-0.1, -0.05) is 11.6 Å². The maximum Gasteiger partial charge on any atom is 0.149 e. The summed E-state index contributed by atoms with van der Waals surface area (Å²) in [7, 11) is 0. The number of allylic oxidation sites excluding steroid dienone is 1. The molecule has 1 aliphatic rings. The SMILES string of the molecule is Cc1ccnc(NCCC2=CCCCC2)c1N. The second-order valence-electron chi connectivity index (χ2n) is 4.68. The van der Waals surface area contributed by atoms with E-state index in [2.05, 4.69) is 16.4 Å². The van der Waals surface area contributed by atoms with Crippen molar-refractivity contribution < 1.29 is 0 Å². The topological polar surface area (TPSA) is 50.9 Å². The van der Waals surface area contributed by atoms with Crippen molar-refractivity contribution in [1.82, 2.24) is 4.98 Å². The first-order valence-corrected chi connectivity index (χ1v) is 6.40. The van der Waals surface area contributed by atoms with Gasteiger partial charge in [0, 0.05) is 12.7 Å². The van der Waals surface area contributed by atoms with Crippen molar-refractivity contribution in [3.05, 3.63) is 29.5 Å². The minimum Gasteiger partial charge on any atom is -0.396 e. The molecule has 1 aromatic rings. The van der Waals surface area contributed by atoms with E-state index < -0.39 is 0 Å².